The summed E-state index contributed by atoms with van der Waals surface area (Å²) in [7, 11) is 1.65. The Morgan fingerprint density at radius 2 is 1.83 bits per heavy atom. The monoisotopic (exact) mass is 345 g/mol. The van der Waals surface area contributed by atoms with Gasteiger partial charge in [-0.15, -0.1) is 0 Å². The number of nitrogens with zero attached hydrogens (tertiary/aromatic N) is 1. The second kappa shape index (κ2) is 10.2. The fourth-order valence-corrected chi connectivity index (χ4v) is 1.92. The molecule has 0 aliphatic rings. The van der Waals surface area contributed by atoms with Crippen molar-refractivity contribution < 1.29 is 17.9 Å². The summed E-state index contributed by atoms with van der Waals surface area (Å²) in [6.45, 7) is 6.75. The van der Waals surface area contributed by atoms with E-state index in [-0.39, 0.29) is 0 Å². The molecule has 7 heteroatoms. The second-order valence-electron chi connectivity index (χ2n) is 5.87. The first-order chi connectivity index (χ1) is 11.3. The van der Waals surface area contributed by atoms with Crippen LogP contribution in [0.1, 0.15) is 31.4 Å². The summed E-state index contributed by atoms with van der Waals surface area (Å²) >= 11 is 0. The first-order valence-electron chi connectivity index (χ1n) is 8.01. The quantitative estimate of drug-likeness (QED) is 0.431. The highest BCUT2D eigenvalue weighted by Gasteiger charge is 2.29. The molecule has 0 aliphatic carbocycles. The maximum Gasteiger partial charge on any atom is 0.416 e. The van der Waals surface area contributed by atoms with E-state index >= 15 is 0 Å². The number of benzene rings is 1. The summed E-state index contributed by atoms with van der Waals surface area (Å²) in [6.07, 6.45) is -3.45. The molecule has 0 aromatic heterocycles. The molecule has 1 rings (SSSR count). The molecule has 0 radical (unpaired) electrons. The van der Waals surface area contributed by atoms with Crippen molar-refractivity contribution in [1.82, 2.24) is 10.6 Å². The van der Waals surface area contributed by atoms with E-state index in [1.54, 1.807) is 7.05 Å². The lowest BCUT2D eigenvalue weighted by molar-refractivity contribution is -0.137. The Hall–Kier alpha value is -1.76. The summed E-state index contributed by atoms with van der Waals surface area (Å²) in [6, 6.07) is 5.09. The summed E-state index contributed by atoms with van der Waals surface area (Å²) in [5.41, 5.74) is 0.112. The smallest absolute Gasteiger partial charge is 0.381 e. The summed E-state index contributed by atoms with van der Waals surface area (Å²) in [5.74, 6) is 1.13. The number of halogens is 3. The van der Waals surface area contributed by atoms with Crippen LogP contribution in [0.4, 0.5) is 13.2 Å². The number of alkyl halides is 3. The van der Waals surface area contributed by atoms with E-state index < -0.39 is 11.7 Å². The molecular formula is C17H26F3N3O. The molecule has 136 valence electrons. The average molecular weight is 345 g/mol. The number of hydrogen-bond donors (Lipinski definition) is 2. The van der Waals surface area contributed by atoms with Gasteiger partial charge in [-0.1, -0.05) is 26.0 Å². The Kier molecular flexibility index (Phi) is 8.60. The van der Waals surface area contributed by atoms with Crippen LogP contribution in [0.15, 0.2) is 29.3 Å². The van der Waals surface area contributed by atoms with Gasteiger partial charge in [0.05, 0.1) is 5.56 Å². The van der Waals surface area contributed by atoms with Gasteiger partial charge in [0.15, 0.2) is 5.96 Å². The van der Waals surface area contributed by atoms with Crippen LogP contribution in [0.5, 0.6) is 0 Å². The third-order valence-electron chi connectivity index (χ3n) is 3.17. The Balaban J connectivity index is 2.29. The van der Waals surface area contributed by atoms with Crippen molar-refractivity contribution in [2.24, 2.45) is 10.9 Å². The van der Waals surface area contributed by atoms with E-state index in [9.17, 15) is 13.2 Å². The van der Waals surface area contributed by atoms with Crippen molar-refractivity contribution in [3.63, 3.8) is 0 Å². The molecule has 0 atom stereocenters. The van der Waals surface area contributed by atoms with Crippen LogP contribution in [0.3, 0.4) is 0 Å². The summed E-state index contributed by atoms with van der Waals surface area (Å²) in [4.78, 5) is 4.08. The van der Waals surface area contributed by atoms with Crippen LogP contribution in [-0.4, -0.2) is 32.8 Å². The van der Waals surface area contributed by atoms with Gasteiger partial charge in [-0.3, -0.25) is 4.99 Å². The van der Waals surface area contributed by atoms with Gasteiger partial charge in [0.2, 0.25) is 0 Å². The lowest BCUT2D eigenvalue weighted by Gasteiger charge is -2.13. The number of aliphatic imine (C=N–C) groups is 1. The van der Waals surface area contributed by atoms with Gasteiger partial charge >= 0.3 is 6.18 Å². The van der Waals surface area contributed by atoms with E-state index in [1.807, 2.05) is 0 Å². The molecule has 2 N–H and O–H groups in total. The molecule has 1 aromatic carbocycles. The zero-order valence-corrected chi connectivity index (χ0v) is 14.4. The van der Waals surface area contributed by atoms with E-state index in [1.165, 1.54) is 12.1 Å². The highest BCUT2D eigenvalue weighted by atomic mass is 19.4. The van der Waals surface area contributed by atoms with Crippen molar-refractivity contribution in [3.8, 4) is 0 Å². The molecule has 0 fully saturated rings. The number of rotatable bonds is 8. The van der Waals surface area contributed by atoms with Crippen LogP contribution in [0.25, 0.3) is 0 Å². The molecule has 0 unspecified atom stereocenters. The van der Waals surface area contributed by atoms with Gasteiger partial charge in [-0.25, -0.2) is 0 Å². The van der Waals surface area contributed by atoms with Gasteiger partial charge in [-0.05, 0) is 30.0 Å². The normalized spacial score (nSPS) is 12.5. The van der Waals surface area contributed by atoms with Crippen molar-refractivity contribution in [2.75, 3.05) is 26.8 Å². The Labute approximate surface area is 141 Å². The van der Waals surface area contributed by atoms with E-state index in [0.717, 1.165) is 30.7 Å². The minimum Gasteiger partial charge on any atom is -0.381 e. The maximum atomic E-state index is 12.5. The lowest BCUT2D eigenvalue weighted by atomic mass is 10.1. The maximum absolute atomic E-state index is 12.5. The van der Waals surface area contributed by atoms with Crippen LogP contribution in [0, 0.1) is 5.92 Å². The third-order valence-corrected chi connectivity index (χ3v) is 3.17. The molecule has 0 spiro atoms. The molecule has 0 saturated carbocycles. The van der Waals surface area contributed by atoms with Crippen LogP contribution < -0.4 is 10.6 Å². The number of nitrogens with one attached hydrogen (secondary N) is 2. The Morgan fingerprint density at radius 1 is 1.17 bits per heavy atom. The molecule has 0 bridgehead atoms. The van der Waals surface area contributed by atoms with Gasteiger partial charge in [0, 0.05) is 33.4 Å². The number of ether oxygens (including phenoxy) is 1. The third kappa shape index (κ3) is 8.19. The van der Waals surface area contributed by atoms with Crippen LogP contribution in [0.2, 0.25) is 0 Å². The van der Waals surface area contributed by atoms with Gasteiger partial charge < -0.3 is 15.4 Å². The highest BCUT2D eigenvalue weighted by Crippen LogP contribution is 2.28. The van der Waals surface area contributed by atoms with Crippen LogP contribution in [-0.2, 0) is 17.5 Å². The SMILES string of the molecule is CN=C(NCCCOCC(C)C)NCc1ccc(C(F)(F)F)cc1. The van der Waals surface area contributed by atoms with Crippen molar-refractivity contribution >= 4 is 5.96 Å². The van der Waals surface area contributed by atoms with Gasteiger partial charge in [0.1, 0.15) is 0 Å². The molecular weight excluding hydrogens is 319 g/mol. The molecule has 24 heavy (non-hydrogen) atoms. The number of guanidine groups is 1. The molecule has 4 nitrogen and oxygen atoms in total. The predicted octanol–water partition coefficient (Wildman–Crippen LogP) is 3.43. The van der Waals surface area contributed by atoms with E-state index in [0.29, 0.717) is 31.6 Å². The molecule has 0 amide bonds. The van der Waals surface area contributed by atoms with Crippen molar-refractivity contribution in [2.45, 2.75) is 33.0 Å². The van der Waals surface area contributed by atoms with E-state index in [4.69, 9.17) is 4.74 Å². The van der Waals surface area contributed by atoms with E-state index in [2.05, 4.69) is 29.5 Å². The molecule has 0 saturated heterocycles. The van der Waals surface area contributed by atoms with Gasteiger partial charge in [-0.2, -0.15) is 13.2 Å². The largest absolute Gasteiger partial charge is 0.416 e. The summed E-state index contributed by atoms with van der Waals surface area (Å²) in [5, 5.41) is 6.21. The highest BCUT2D eigenvalue weighted by molar-refractivity contribution is 5.79. The standard InChI is InChI=1S/C17H26F3N3O/c1-13(2)12-24-10-4-9-22-16(21-3)23-11-14-5-7-15(8-6-14)17(18,19)20/h5-8,13H,4,9-12H2,1-3H3,(H2,21,22,23). The second-order valence-corrected chi connectivity index (χ2v) is 5.87. The fraction of sp³-hybridized carbons (Fsp3) is 0.588. The lowest BCUT2D eigenvalue weighted by Crippen LogP contribution is -2.37. The number of hydrogen-bond acceptors (Lipinski definition) is 2. The van der Waals surface area contributed by atoms with Crippen LogP contribution >= 0.6 is 0 Å². The summed E-state index contributed by atoms with van der Waals surface area (Å²) < 4.78 is 43.0. The molecule has 0 heterocycles. The Morgan fingerprint density at radius 3 is 2.38 bits per heavy atom. The van der Waals surface area contributed by atoms with Gasteiger partial charge in [0.25, 0.3) is 0 Å². The zero-order valence-electron chi connectivity index (χ0n) is 14.4. The Bertz CT molecular complexity index is 499. The zero-order chi connectivity index (χ0) is 18.0. The topological polar surface area (TPSA) is 45.7 Å². The first-order valence-corrected chi connectivity index (χ1v) is 8.01. The molecule has 1 aromatic rings. The van der Waals surface area contributed by atoms with Crippen molar-refractivity contribution in [3.05, 3.63) is 35.4 Å². The first kappa shape index (κ1) is 20.3. The van der Waals surface area contributed by atoms with Crippen molar-refractivity contribution in [1.29, 1.82) is 0 Å². The molecule has 0 aliphatic heterocycles. The average Bonchev–Trinajstić information content (AvgIpc) is 2.52. The minimum absolute atomic E-state index is 0.404. The predicted molar refractivity (Wildman–Crippen MR) is 89.9 cm³/mol. The fourth-order valence-electron chi connectivity index (χ4n) is 1.92. The minimum atomic E-state index is -4.30.